The molecule has 0 amide bonds. The first-order valence-corrected chi connectivity index (χ1v) is 8.55. The Labute approximate surface area is 124 Å². The van der Waals surface area contributed by atoms with Gasteiger partial charge in [0.25, 0.3) is 0 Å². The van der Waals surface area contributed by atoms with E-state index < -0.39 is 26.6 Å². The van der Waals surface area contributed by atoms with Gasteiger partial charge in [0.05, 0.1) is 0 Å². The lowest BCUT2D eigenvalue weighted by Crippen LogP contribution is -2.33. The quantitative estimate of drug-likeness (QED) is 0.872. The number of nitrogens with zero attached hydrogens (tertiary/aromatic N) is 1. The van der Waals surface area contributed by atoms with Gasteiger partial charge in [0.15, 0.2) is 4.90 Å². The maximum absolute atomic E-state index is 13.9. The number of benzene rings is 1. The lowest BCUT2D eigenvalue weighted by Gasteiger charge is -2.21. The molecule has 1 aromatic rings. The Morgan fingerprint density at radius 2 is 1.86 bits per heavy atom. The fraction of sp³-hybridized carbons (Fsp3) is 0.571. The van der Waals surface area contributed by atoms with E-state index in [2.05, 4.69) is 6.92 Å². The molecule has 1 heterocycles. The zero-order valence-corrected chi connectivity index (χ0v) is 12.8. The molecule has 0 aliphatic carbocycles. The van der Waals surface area contributed by atoms with Gasteiger partial charge in [-0.1, -0.05) is 13.3 Å². The molecule has 4 nitrogen and oxygen atoms in total. The minimum atomic E-state index is -4.17. The number of hydrogen-bond acceptors (Lipinski definition) is 3. The zero-order chi connectivity index (χ0) is 15.6. The number of sulfonamides is 1. The SMILES string of the molecule is CCC1CCCN(S(=O)(=O)c2c(F)cc(N)cc2F)CC1. The van der Waals surface area contributed by atoms with Crippen LogP contribution in [0, 0.1) is 17.6 Å². The number of rotatable bonds is 3. The number of hydrogen-bond donors (Lipinski definition) is 1. The third-order valence-corrected chi connectivity index (χ3v) is 5.95. The lowest BCUT2D eigenvalue weighted by molar-refractivity contribution is 0.400. The lowest BCUT2D eigenvalue weighted by atomic mass is 9.98. The highest BCUT2D eigenvalue weighted by atomic mass is 32.2. The minimum absolute atomic E-state index is 0.133. The molecule has 1 saturated heterocycles. The third-order valence-electron chi connectivity index (χ3n) is 4.00. The molecule has 1 fully saturated rings. The van der Waals surface area contributed by atoms with E-state index in [4.69, 9.17) is 5.73 Å². The summed E-state index contributed by atoms with van der Waals surface area (Å²) in [5.41, 5.74) is 5.19. The molecule has 0 bridgehead atoms. The number of anilines is 1. The summed E-state index contributed by atoms with van der Waals surface area (Å²) in [4.78, 5) is -0.897. The number of halogens is 2. The minimum Gasteiger partial charge on any atom is -0.399 e. The van der Waals surface area contributed by atoms with Gasteiger partial charge in [-0.2, -0.15) is 4.31 Å². The normalized spacial score (nSPS) is 21.2. The van der Waals surface area contributed by atoms with Crippen LogP contribution in [0.5, 0.6) is 0 Å². The van der Waals surface area contributed by atoms with E-state index in [1.165, 1.54) is 4.31 Å². The molecule has 0 saturated carbocycles. The fourth-order valence-electron chi connectivity index (χ4n) is 2.74. The van der Waals surface area contributed by atoms with Crippen molar-refractivity contribution >= 4 is 15.7 Å². The summed E-state index contributed by atoms with van der Waals surface area (Å²) in [6, 6.07) is 1.67. The first kappa shape index (κ1) is 16.2. The van der Waals surface area contributed by atoms with Crippen LogP contribution in [0.15, 0.2) is 17.0 Å². The summed E-state index contributed by atoms with van der Waals surface area (Å²) in [5, 5.41) is 0. The van der Waals surface area contributed by atoms with Gasteiger partial charge in [-0.25, -0.2) is 17.2 Å². The van der Waals surface area contributed by atoms with Crippen molar-refractivity contribution in [3.05, 3.63) is 23.8 Å². The first-order chi connectivity index (χ1) is 9.86. The molecule has 7 heteroatoms. The number of nitrogen functional groups attached to an aromatic ring is 1. The topological polar surface area (TPSA) is 63.4 Å². The standard InChI is InChI=1S/C14H20F2N2O2S/c1-2-10-4-3-6-18(7-5-10)21(19,20)14-12(15)8-11(17)9-13(14)16/h8-10H,2-7,17H2,1H3. The average Bonchev–Trinajstić information content (AvgIpc) is 2.62. The Morgan fingerprint density at radius 1 is 1.24 bits per heavy atom. The highest BCUT2D eigenvalue weighted by molar-refractivity contribution is 7.89. The molecular weight excluding hydrogens is 298 g/mol. The smallest absolute Gasteiger partial charge is 0.248 e. The Morgan fingerprint density at radius 3 is 2.43 bits per heavy atom. The molecule has 0 aromatic heterocycles. The molecular formula is C14H20F2N2O2S. The van der Waals surface area contributed by atoms with Crippen molar-refractivity contribution in [1.82, 2.24) is 4.31 Å². The van der Waals surface area contributed by atoms with E-state index in [1.807, 2.05) is 0 Å². The van der Waals surface area contributed by atoms with Crippen molar-refractivity contribution < 1.29 is 17.2 Å². The van der Waals surface area contributed by atoms with Crippen molar-refractivity contribution in [2.45, 2.75) is 37.5 Å². The molecule has 2 N–H and O–H groups in total. The largest absolute Gasteiger partial charge is 0.399 e. The van der Waals surface area contributed by atoms with Gasteiger partial charge >= 0.3 is 0 Å². The summed E-state index contributed by atoms with van der Waals surface area (Å²) in [6.45, 7) is 2.65. The first-order valence-electron chi connectivity index (χ1n) is 7.11. The van der Waals surface area contributed by atoms with Gasteiger partial charge in [0.2, 0.25) is 10.0 Å². The van der Waals surface area contributed by atoms with Crippen LogP contribution in [0.3, 0.4) is 0 Å². The predicted molar refractivity (Wildman–Crippen MR) is 77.2 cm³/mol. The molecule has 0 radical (unpaired) electrons. The monoisotopic (exact) mass is 318 g/mol. The van der Waals surface area contributed by atoms with Crippen LogP contribution in [0.1, 0.15) is 32.6 Å². The molecule has 1 aliphatic heterocycles. The predicted octanol–water partition coefficient (Wildman–Crippen LogP) is 2.75. The summed E-state index contributed by atoms with van der Waals surface area (Å²) in [6.07, 6.45) is 3.34. The second kappa shape index (κ2) is 6.27. The van der Waals surface area contributed by atoms with Crippen molar-refractivity contribution in [2.24, 2.45) is 5.92 Å². The second-order valence-corrected chi connectivity index (χ2v) is 7.30. The summed E-state index contributed by atoms with van der Waals surface area (Å²) < 4.78 is 53.9. The molecule has 1 atom stereocenters. The van der Waals surface area contributed by atoms with Crippen LogP contribution < -0.4 is 5.73 Å². The summed E-state index contributed by atoms with van der Waals surface area (Å²) >= 11 is 0. The Balaban J connectivity index is 2.34. The fourth-order valence-corrected chi connectivity index (χ4v) is 4.33. The van der Waals surface area contributed by atoms with Gasteiger partial charge in [0.1, 0.15) is 11.6 Å². The van der Waals surface area contributed by atoms with Crippen LogP contribution in [-0.4, -0.2) is 25.8 Å². The molecule has 0 spiro atoms. The number of nitrogens with two attached hydrogens (primary N) is 1. The Hall–Kier alpha value is -1.21. The molecule has 2 rings (SSSR count). The van der Waals surface area contributed by atoms with E-state index in [-0.39, 0.29) is 5.69 Å². The Bertz CT molecular complexity index is 596. The molecule has 1 aliphatic rings. The third kappa shape index (κ3) is 3.35. The average molecular weight is 318 g/mol. The van der Waals surface area contributed by atoms with Crippen molar-refractivity contribution in [3.8, 4) is 0 Å². The van der Waals surface area contributed by atoms with Crippen LogP contribution >= 0.6 is 0 Å². The maximum atomic E-state index is 13.9. The van der Waals surface area contributed by atoms with Gasteiger partial charge in [-0.15, -0.1) is 0 Å². The van der Waals surface area contributed by atoms with Gasteiger partial charge in [-0.05, 0) is 37.3 Å². The highest BCUT2D eigenvalue weighted by Crippen LogP contribution is 2.28. The van der Waals surface area contributed by atoms with Crippen LogP contribution in [0.25, 0.3) is 0 Å². The molecule has 118 valence electrons. The van der Waals surface area contributed by atoms with Crippen molar-refractivity contribution in [3.63, 3.8) is 0 Å². The van der Waals surface area contributed by atoms with Crippen molar-refractivity contribution in [1.29, 1.82) is 0 Å². The van der Waals surface area contributed by atoms with E-state index in [0.717, 1.165) is 25.0 Å². The summed E-state index contributed by atoms with van der Waals surface area (Å²) in [7, 11) is -4.17. The molecule has 1 aromatic carbocycles. The second-order valence-electron chi connectivity index (χ2n) is 5.42. The molecule has 1 unspecified atom stereocenters. The Kier molecular flexibility index (Phi) is 4.83. The van der Waals surface area contributed by atoms with Crippen LogP contribution in [-0.2, 0) is 10.0 Å². The van der Waals surface area contributed by atoms with E-state index >= 15 is 0 Å². The zero-order valence-electron chi connectivity index (χ0n) is 12.0. The van der Waals surface area contributed by atoms with E-state index in [1.54, 1.807) is 0 Å². The van der Waals surface area contributed by atoms with Crippen LogP contribution in [0.4, 0.5) is 14.5 Å². The summed E-state index contributed by atoms with van der Waals surface area (Å²) in [5.74, 6) is -1.81. The van der Waals surface area contributed by atoms with Gasteiger partial charge in [-0.3, -0.25) is 0 Å². The van der Waals surface area contributed by atoms with E-state index in [9.17, 15) is 17.2 Å². The molecule has 21 heavy (non-hydrogen) atoms. The van der Waals surface area contributed by atoms with Crippen molar-refractivity contribution in [2.75, 3.05) is 18.8 Å². The van der Waals surface area contributed by atoms with E-state index in [0.29, 0.717) is 31.8 Å². The van der Waals surface area contributed by atoms with Gasteiger partial charge in [0, 0.05) is 18.8 Å². The highest BCUT2D eigenvalue weighted by Gasteiger charge is 2.32. The van der Waals surface area contributed by atoms with Crippen LogP contribution in [0.2, 0.25) is 0 Å². The maximum Gasteiger partial charge on any atom is 0.248 e. The van der Waals surface area contributed by atoms with Gasteiger partial charge < -0.3 is 5.73 Å².